The fraction of sp³-hybridized carbons (Fsp3) is 0.786. The fourth-order valence-corrected chi connectivity index (χ4v) is 6.45. The van der Waals surface area contributed by atoms with E-state index < -0.39 is 0 Å². The highest BCUT2D eigenvalue weighted by molar-refractivity contribution is 5.45. The highest BCUT2D eigenvalue weighted by atomic mass is 16.6. The lowest BCUT2D eigenvalue weighted by molar-refractivity contribution is -0.118. The Labute approximate surface area is 195 Å². The Morgan fingerprint density at radius 1 is 1.06 bits per heavy atom. The van der Waals surface area contributed by atoms with E-state index in [0.29, 0.717) is 12.6 Å². The van der Waals surface area contributed by atoms with Crippen molar-refractivity contribution in [2.45, 2.75) is 115 Å². The van der Waals surface area contributed by atoms with Gasteiger partial charge in [-0.2, -0.15) is 0 Å². The van der Waals surface area contributed by atoms with Crippen LogP contribution in [-0.4, -0.2) is 43.1 Å². The first-order valence-electron chi connectivity index (χ1n) is 12.7. The standard InChI is InChI=1S/C28H45NO3/c1-25(2,3)32-19-26(4,5)31-16-15-28-13-8-12-27(6)23-18-22(30-7)10-9-20(23)17-21(11-14-28)24(27)29-28/h9-10,18,21,24,29H,8,11-17,19H2,1-7H3/t21-,24?,27+,28?/m0/s1. The van der Waals surface area contributed by atoms with Gasteiger partial charge in [-0.25, -0.2) is 0 Å². The van der Waals surface area contributed by atoms with Gasteiger partial charge in [0.15, 0.2) is 0 Å². The van der Waals surface area contributed by atoms with Gasteiger partial charge in [-0.05, 0) is 102 Å². The second-order valence-corrected chi connectivity index (χ2v) is 12.5. The minimum Gasteiger partial charge on any atom is -0.497 e. The molecule has 2 fully saturated rings. The quantitative estimate of drug-likeness (QED) is 0.578. The van der Waals surface area contributed by atoms with Crippen LogP contribution >= 0.6 is 0 Å². The lowest BCUT2D eigenvalue weighted by Crippen LogP contribution is -2.63. The van der Waals surface area contributed by atoms with Crippen molar-refractivity contribution in [1.82, 2.24) is 5.32 Å². The first kappa shape index (κ1) is 24.0. The second kappa shape index (κ2) is 8.60. The van der Waals surface area contributed by atoms with Crippen LogP contribution in [0.15, 0.2) is 18.2 Å². The van der Waals surface area contributed by atoms with Gasteiger partial charge in [0.25, 0.3) is 0 Å². The number of fused-ring (bicyclic) bond motifs is 3. The molecule has 4 nitrogen and oxygen atoms in total. The van der Waals surface area contributed by atoms with E-state index in [-0.39, 0.29) is 22.2 Å². The number of hydrogen-bond acceptors (Lipinski definition) is 4. The van der Waals surface area contributed by atoms with E-state index in [1.807, 2.05) is 0 Å². The molecule has 2 aliphatic heterocycles. The molecule has 4 rings (SSSR count). The zero-order valence-electron chi connectivity index (χ0n) is 21.5. The fourth-order valence-electron chi connectivity index (χ4n) is 6.45. The molecular formula is C28H45NO3. The van der Waals surface area contributed by atoms with Crippen LogP contribution in [0.4, 0.5) is 0 Å². The van der Waals surface area contributed by atoms with Gasteiger partial charge >= 0.3 is 0 Å². The Morgan fingerprint density at radius 2 is 1.84 bits per heavy atom. The van der Waals surface area contributed by atoms with Gasteiger partial charge in [-0.1, -0.05) is 19.4 Å². The maximum atomic E-state index is 6.38. The van der Waals surface area contributed by atoms with Crippen LogP contribution in [-0.2, 0) is 21.3 Å². The van der Waals surface area contributed by atoms with Crippen LogP contribution < -0.4 is 10.1 Å². The molecular weight excluding hydrogens is 398 g/mol. The number of benzene rings is 1. The Balaban J connectivity index is 1.46. The van der Waals surface area contributed by atoms with Crippen molar-refractivity contribution in [2.24, 2.45) is 5.92 Å². The summed E-state index contributed by atoms with van der Waals surface area (Å²) >= 11 is 0. The number of hydrogen-bond donors (Lipinski definition) is 1. The SMILES string of the molecule is COc1ccc2c(c1)[C@@]1(C)CCCC3(CCOC(C)(C)COC(C)(C)C)CC[C@@H](C2)C1N3. The summed E-state index contributed by atoms with van der Waals surface area (Å²) in [6.07, 6.45) is 8.60. The summed E-state index contributed by atoms with van der Waals surface area (Å²) in [5.41, 5.74) is 3.03. The third kappa shape index (κ3) is 4.88. The minimum atomic E-state index is -0.263. The summed E-state index contributed by atoms with van der Waals surface area (Å²) < 4.78 is 18.0. The molecule has 1 aliphatic carbocycles. The van der Waals surface area contributed by atoms with Crippen LogP contribution in [0.1, 0.15) is 91.2 Å². The van der Waals surface area contributed by atoms with Gasteiger partial charge in [0.2, 0.25) is 0 Å². The van der Waals surface area contributed by atoms with E-state index in [1.165, 1.54) is 49.7 Å². The lowest BCUT2D eigenvalue weighted by Gasteiger charge is -2.53. The number of piperidine rings is 1. The monoisotopic (exact) mass is 443 g/mol. The van der Waals surface area contributed by atoms with Crippen LogP contribution in [0.5, 0.6) is 5.75 Å². The normalized spacial score (nSPS) is 32.2. The Kier molecular flexibility index (Phi) is 6.46. The predicted molar refractivity (Wildman–Crippen MR) is 131 cm³/mol. The van der Waals surface area contributed by atoms with Crippen molar-refractivity contribution < 1.29 is 14.2 Å². The van der Waals surface area contributed by atoms with Gasteiger partial charge < -0.3 is 19.5 Å². The van der Waals surface area contributed by atoms with Gasteiger partial charge in [0.05, 0.1) is 24.9 Å². The minimum absolute atomic E-state index is 0.134. The van der Waals surface area contributed by atoms with Crippen LogP contribution in [0, 0.1) is 5.92 Å². The molecule has 4 heteroatoms. The average Bonchev–Trinajstić information content (AvgIpc) is 2.85. The zero-order valence-corrected chi connectivity index (χ0v) is 21.5. The average molecular weight is 444 g/mol. The van der Waals surface area contributed by atoms with E-state index in [4.69, 9.17) is 14.2 Å². The molecule has 3 aliphatic rings. The largest absolute Gasteiger partial charge is 0.497 e. The lowest BCUT2D eigenvalue weighted by atomic mass is 9.60. The molecule has 32 heavy (non-hydrogen) atoms. The number of nitrogens with one attached hydrogen (secondary N) is 1. The van der Waals surface area contributed by atoms with Crippen molar-refractivity contribution in [2.75, 3.05) is 20.3 Å². The van der Waals surface area contributed by atoms with Crippen LogP contribution in [0.2, 0.25) is 0 Å². The molecule has 0 amide bonds. The van der Waals surface area contributed by atoms with Crippen molar-refractivity contribution in [3.05, 3.63) is 29.3 Å². The third-order valence-corrected chi connectivity index (χ3v) is 8.31. The van der Waals surface area contributed by atoms with Crippen molar-refractivity contribution in [1.29, 1.82) is 0 Å². The van der Waals surface area contributed by atoms with Gasteiger partial charge in [-0.3, -0.25) is 0 Å². The van der Waals surface area contributed by atoms with Gasteiger partial charge in [0.1, 0.15) is 5.75 Å². The Hall–Kier alpha value is -1.10. The smallest absolute Gasteiger partial charge is 0.119 e. The summed E-state index contributed by atoms with van der Waals surface area (Å²) in [4.78, 5) is 0. The van der Waals surface area contributed by atoms with E-state index in [0.717, 1.165) is 24.7 Å². The Morgan fingerprint density at radius 3 is 2.56 bits per heavy atom. The van der Waals surface area contributed by atoms with Crippen LogP contribution in [0.3, 0.4) is 0 Å². The molecule has 1 N–H and O–H groups in total. The summed E-state index contributed by atoms with van der Waals surface area (Å²) in [6, 6.07) is 7.31. The zero-order chi connectivity index (χ0) is 23.2. The first-order chi connectivity index (χ1) is 15.0. The maximum Gasteiger partial charge on any atom is 0.119 e. The van der Waals surface area contributed by atoms with Crippen molar-refractivity contribution >= 4 is 0 Å². The predicted octanol–water partition coefficient (Wildman–Crippen LogP) is 5.80. The van der Waals surface area contributed by atoms with Gasteiger partial charge in [0, 0.05) is 23.6 Å². The summed E-state index contributed by atoms with van der Waals surface area (Å²) in [6.45, 7) is 14.5. The molecule has 0 radical (unpaired) electrons. The van der Waals surface area contributed by atoms with E-state index in [9.17, 15) is 0 Å². The topological polar surface area (TPSA) is 39.7 Å². The molecule has 2 unspecified atom stereocenters. The molecule has 1 aromatic carbocycles. The molecule has 4 atom stereocenters. The van der Waals surface area contributed by atoms with E-state index >= 15 is 0 Å². The molecule has 2 saturated heterocycles. The highest BCUT2D eigenvalue weighted by Crippen LogP contribution is 2.52. The molecule has 1 aromatic rings. The van der Waals surface area contributed by atoms with Crippen molar-refractivity contribution in [3.8, 4) is 5.75 Å². The molecule has 0 spiro atoms. The van der Waals surface area contributed by atoms with Crippen molar-refractivity contribution in [3.63, 3.8) is 0 Å². The second-order valence-electron chi connectivity index (χ2n) is 12.5. The first-order valence-corrected chi connectivity index (χ1v) is 12.7. The number of rotatable bonds is 7. The van der Waals surface area contributed by atoms with E-state index in [1.54, 1.807) is 7.11 Å². The third-order valence-electron chi connectivity index (χ3n) is 8.31. The summed E-state index contributed by atoms with van der Waals surface area (Å²) in [7, 11) is 1.78. The molecule has 2 bridgehead atoms. The van der Waals surface area contributed by atoms with E-state index in [2.05, 4.69) is 65.1 Å². The summed E-state index contributed by atoms with van der Waals surface area (Å²) in [5, 5.41) is 4.24. The molecule has 180 valence electrons. The molecule has 0 aromatic heterocycles. The van der Waals surface area contributed by atoms with Gasteiger partial charge in [-0.15, -0.1) is 0 Å². The molecule has 2 heterocycles. The maximum absolute atomic E-state index is 6.38. The molecule has 0 saturated carbocycles. The number of methoxy groups -OCH3 is 1. The highest BCUT2D eigenvalue weighted by Gasteiger charge is 2.53. The number of ether oxygens (including phenoxy) is 3. The summed E-state index contributed by atoms with van der Waals surface area (Å²) in [5.74, 6) is 1.72. The van der Waals surface area contributed by atoms with Crippen LogP contribution in [0.25, 0.3) is 0 Å². The Bertz CT molecular complexity index is 813.